The number of likely N-dealkylation sites (tertiary alicyclic amines) is 1. The van der Waals surface area contributed by atoms with Crippen molar-refractivity contribution < 1.29 is 19.8 Å². The van der Waals surface area contributed by atoms with Crippen molar-refractivity contribution in [3.63, 3.8) is 0 Å². The van der Waals surface area contributed by atoms with Crippen LogP contribution in [-0.2, 0) is 4.79 Å². The fourth-order valence-corrected chi connectivity index (χ4v) is 1.60. The second-order valence-corrected chi connectivity index (χ2v) is 4.00. The summed E-state index contributed by atoms with van der Waals surface area (Å²) < 4.78 is 0. The van der Waals surface area contributed by atoms with Gasteiger partial charge in [0, 0.05) is 19.0 Å². The van der Waals surface area contributed by atoms with Gasteiger partial charge in [0.25, 0.3) is 0 Å². The van der Waals surface area contributed by atoms with Crippen LogP contribution in [-0.4, -0.2) is 51.8 Å². The standard InChI is InChI=1S/C9H16N2O4/c1-5(2)10-9(15)11-4-6(12)3-7(11)8(13)14/h5-7,12H,3-4H2,1-2H3,(H,10,15)(H,13,14). The minimum absolute atomic E-state index is 0.0512. The number of carbonyl (C=O) groups is 2. The van der Waals surface area contributed by atoms with Gasteiger partial charge in [0.2, 0.25) is 0 Å². The lowest BCUT2D eigenvalue weighted by Crippen LogP contribution is -2.48. The molecule has 1 rings (SSSR count). The molecule has 1 aliphatic rings. The van der Waals surface area contributed by atoms with Crippen LogP contribution in [0, 0.1) is 0 Å². The van der Waals surface area contributed by atoms with Crippen LogP contribution in [0.1, 0.15) is 20.3 Å². The number of carboxylic acids is 1. The topological polar surface area (TPSA) is 89.9 Å². The van der Waals surface area contributed by atoms with E-state index in [1.54, 1.807) is 13.8 Å². The maximum Gasteiger partial charge on any atom is 0.326 e. The number of carboxylic acid groups (broad SMARTS) is 1. The molecule has 1 fully saturated rings. The molecule has 2 amide bonds. The SMILES string of the molecule is CC(C)NC(=O)N1CC(O)CC1C(=O)O. The van der Waals surface area contributed by atoms with Crippen molar-refractivity contribution in [3.8, 4) is 0 Å². The Kier molecular flexibility index (Phi) is 3.52. The number of hydrogen-bond donors (Lipinski definition) is 3. The molecular formula is C9H16N2O4. The van der Waals surface area contributed by atoms with E-state index in [-0.39, 0.29) is 19.0 Å². The number of aliphatic hydroxyl groups excluding tert-OH is 1. The molecular weight excluding hydrogens is 200 g/mol. The Morgan fingerprint density at radius 3 is 2.53 bits per heavy atom. The zero-order valence-electron chi connectivity index (χ0n) is 8.80. The highest BCUT2D eigenvalue weighted by molar-refractivity contribution is 5.83. The summed E-state index contributed by atoms with van der Waals surface area (Å²) in [5, 5.41) is 20.8. The second kappa shape index (κ2) is 4.48. The van der Waals surface area contributed by atoms with Gasteiger partial charge in [-0.05, 0) is 13.8 Å². The first kappa shape index (κ1) is 11.8. The number of β-amino-alcohol motifs (C(OH)–C–C–N with tert-alkyl or cyclic N) is 1. The summed E-state index contributed by atoms with van der Waals surface area (Å²) in [6.45, 7) is 3.66. The highest BCUT2D eigenvalue weighted by Crippen LogP contribution is 2.18. The van der Waals surface area contributed by atoms with E-state index in [4.69, 9.17) is 5.11 Å². The minimum atomic E-state index is -1.08. The van der Waals surface area contributed by atoms with Gasteiger partial charge in [-0.3, -0.25) is 0 Å². The zero-order chi connectivity index (χ0) is 11.6. The van der Waals surface area contributed by atoms with Crippen LogP contribution in [0.5, 0.6) is 0 Å². The lowest BCUT2D eigenvalue weighted by molar-refractivity contribution is -0.141. The summed E-state index contributed by atoms with van der Waals surface area (Å²) in [5.41, 5.74) is 0. The highest BCUT2D eigenvalue weighted by atomic mass is 16.4. The Morgan fingerprint density at radius 1 is 1.47 bits per heavy atom. The maximum absolute atomic E-state index is 11.6. The van der Waals surface area contributed by atoms with Crippen molar-refractivity contribution in [2.75, 3.05) is 6.54 Å². The van der Waals surface area contributed by atoms with Gasteiger partial charge in [-0.25, -0.2) is 9.59 Å². The molecule has 0 bridgehead atoms. The fourth-order valence-electron chi connectivity index (χ4n) is 1.60. The van der Waals surface area contributed by atoms with Crippen LogP contribution in [0.3, 0.4) is 0 Å². The van der Waals surface area contributed by atoms with Crippen LogP contribution < -0.4 is 5.32 Å². The van der Waals surface area contributed by atoms with Gasteiger partial charge >= 0.3 is 12.0 Å². The van der Waals surface area contributed by atoms with E-state index in [9.17, 15) is 14.7 Å². The molecule has 2 unspecified atom stereocenters. The van der Waals surface area contributed by atoms with Crippen LogP contribution in [0.4, 0.5) is 4.79 Å². The summed E-state index contributed by atoms with van der Waals surface area (Å²) in [7, 11) is 0. The van der Waals surface area contributed by atoms with Crippen molar-refractivity contribution in [2.45, 2.75) is 38.5 Å². The van der Waals surface area contributed by atoms with Crippen LogP contribution >= 0.6 is 0 Å². The molecule has 0 aromatic carbocycles. The second-order valence-electron chi connectivity index (χ2n) is 4.00. The molecule has 15 heavy (non-hydrogen) atoms. The molecule has 2 atom stereocenters. The molecule has 0 spiro atoms. The van der Waals surface area contributed by atoms with E-state index in [1.807, 2.05) is 0 Å². The Labute approximate surface area is 87.9 Å². The van der Waals surface area contributed by atoms with Gasteiger partial charge in [0.05, 0.1) is 6.10 Å². The smallest absolute Gasteiger partial charge is 0.326 e. The van der Waals surface area contributed by atoms with E-state index < -0.39 is 24.1 Å². The third-order valence-electron chi connectivity index (χ3n) is 2.24. The molecule has 6 heteroatoms. The highest BCUT2D eigenvalue weighted by Gasteiger charge is 2.38. The number of nitrogens with zero attached hydrogens (tertiary/aromatic N) is 1. The van der Waals surface area contributed by atoms with Gasteiger partial charge in [-0.1, -0.05) is 0 Å². The van der Waals surface area contributed by atoms with E-state index in [0.717, 1.165) is 4.90 Å². The summed E-state index contributed by atoms with van der Waals surface area (Å²) in [6.07, 6.45) is -0.648. The molecule has 1 saturated heterocycles. The number of nitrogens with one attached hydrogen (secondary N) is 1. The van der Waals surface area contributed by atoms with Crippen molar-refractivity contribution in [1.82, 2.24) is 10.2 Å². The van der Waals surface area contributed by atoms with Gasteiger partial charge < -0.3 is 20.4 Å². The number of amides is 2. The largest absolute Gasteiger partial charge is 0.480 e. The summed E-state index contributed by atoms with van der Waals surface area (Å²) in [4.78, 5) is 23.5. The Balaban J connectivity index is 2.66. The molecule has 86 valence electrons. The average molecular weight is 216 g/mol. The van der Waals surface area contributed by atoms with E-state index >= 15 is 0 Å². The molecule has 3 N–H and O–H groups in total. The number of carbonyl (C=O) groups excluding carboxylic acids is 1. The van der Waals surface area contributed by atoms with Crippen LogP contribution in [0.2, 0.25) is 0 Å². The Hall–Kier alpha value is -1.30. The lowest BCUT2D eigenvalue weighted by atomic mass is 10.2. The molecule has 0 saturated carbocycles. The molecule has 1 aliphatic heterocycles. The minimum Gasteiger partial charge on any atom is -0.480 e. The van der Waals surface area contributed by atoms with Crippen LogP contribution in [0.15, 0.2) is 0 Å². The van der Waals surface area contributed by atoms with E-state index in [1.165, 1.54) is 0 Å². The van der Waals surface area contributed by atoms with E-state index in [2.05, 4.69) is 5.32 Å². The predicted molar refractivity (Wildman–Crippen MR) is 52.4 cm³/mol. The van der Waals surface area contributed by atoms with Gasteiger partial charge in [-0.2, -0.15) is 0 Å². The van der Waals surface area contributed by atoms with Crippen molar-refractivity contribution in [2.24, 2.45) is 0 Å². The Bertz CT molecular complexity index is 267. The summed E-state index contributed by atoms with van der Waals surface area (Å²) >= 11 is 0. The first-order valence-electron chi connectivity index (χ1n) is 4.89. The molecule has 0 aliphatic carbocycles. The van der Waals surface area contributed by atoms with Crippen molar-refractivity contribution in [3.05, 3.63) is 0 Å². The quantitative estimate of drug-likeness (QED) is 0.587. The predicted octanol–water partition coefficient (Wildman–Crippen LogP) is -0.376. The van der Waals surface area contributed by atoms with Gasteiger partial charge in [0.1, 0.15) is 6.04 Å². The third-order valence-corrected chi connectivity index (χ3v) is 2.24. The van der Waals surface area contributed by atoms with Gasteiger partial charge in [0.15, 0.2) is 0 Å². The first-order valence-corrected chi connectivity index (χ1v) is 4.89. The molecule has 0 aromatic rings. The molecule has 6 nitrogen and oxygen atoms in total. The maximum atomic E-state index is 11.6. The van der Waals surface area contributed by atoms with Crippen LogP contribution in [0.25, 0.3) is 0 Å². The number of aliphatic carboxylic acids is 1. The monoisotopic (exact) mass is 216 g/mol. The fraction of sp³-hybridized carbons (Fsp3) is 0.778. The van der Waals surface area contributed by atoms with E-state index in [0.29, 0.717) is 0 Å². The normalized spacial score (nSPS) is 25.7. The number of aliphatic hydroxyl groups is 1. The summed E-state index contributed by atoms with van der Waals surface area (Å²) in [6, 6.07) is -1.41. The molecule has 0 radical (unpaired) electrons. The lowest BCUT2D eigenvalue weighted by Gasteiger charge is -2.22. The number of urea groups is 1. The first-order chi connectivity index (χ1) is 6.91. The third kappa shape index (κ3) is 2.82. The number of hydrogen-bond acceptors (Lipinski definition) is 3. The number of rotatable bonds is 2. The summed E-state index contributed by atoms with van der Waals surface area (Å²) in [5.74, 6) is -1.08. The molecule has 0 aromatic heterocycles. The van der Waals surface area contributed by atoms with Crippen molar-refractivity contribution in [1.29, 1.82) is 0 Å². The average Bonchev–Trinajstić information content (AvgIpc) is 2.46. The molecule has 1 heterocycles. The van der Waals surface area contributed by atoms with Crippen molar-refractivity contribution >= 4 is 12.0 Å². The van der Waals surface area contributed by atoms with Gasteiger partial charge in [-0.15, -0.1) is 0 Å². The Morgan fingerprint density at radius 2 is 2.07 bits per heavy atom. The zero-order valence-corrected chi connectivity index (χ0v) is 8.80.